The molecule has 0 aromatic heterocycles. The minimum Gasteiger partial charge on any atom is -0.368 e. The first kappa shape index (κ1) is 20.3. The van der Waals surface area contributed by atoms with Crippen LogP contribution in [0.25, 0.3) is 0 Å². The Balaban J connectivity index is 1.47. The number of rotatable bonds is 5. The van der Waals surface area contributed by atoms with Crippen LogP contribution in [0.2, 0.25) is 0 Å². The van der Waals surface area contributed by atoms with Gasteiger partial charge < -0.3 is 9.80 Å². The molecule has 7 nitrogen and oxygen atoms in total. The lowest BCUT2D eigenvalue weighted by Crippen LogP contribution is -2.49. The number of hydrogen-bond acceptors (Lipinski definition) is 5. The molecule has 3 aromatic rings. The number of nitrogens with zero attached hydrogens (tertiary/aromatic N) is 3. The van der Waals surface area contributed by atoms with Gasteiger partial charge in [0.15, 0.2) is 5.78 Å². The third kappa shape index (κ3) is 4.30. The summed E-state index contributed by atoms with van der Waals surface area (Å²) in [6, 6.07) is 22.3. The highest BCUT2D eigenvalue weighted by Crippen LogP contribution is 2.22. The minimum atomic E-state index is -0.422. The Hall–Kier alpha value is -4.00. The van der Waals surface area contributed by atoms with Gasteiger partial charge in [0.25, 0.3) is 11.6 Å². The molecule has 156 valence electrons. The van der Waals surface area contributed by atoms with Crippen molar-refractivity contribution in [2.75, 3.05) is 31.1 Å². The monoisotopic (exact) mass is 415 g/mol. The van der Waals surface area contributed by atoms with Crippen LogP contribution in [0.5, 0.6) is 0 Å². The third-order valence-electron chi connectivity index (χ3n) is 5.43. The van der Waals surface area contributed by atoms with Crippen molar-refractivity contribution in [1.29, 1.82) is 0 Å². The topological polar surface area (TPSA) is 83.8 Å². The molecule has 4 rings (SSSR count). The van der Waals surface area contributed by atoms with E-state index >= 15 is 0 Å². The van der Waals surface area contributed by atoms with Gasteiger partial charge in [-0.15, -0.1) is 0 Å². The molecule has 1 saturated heterocycles. The van der Waals surface area contributed by atoms with Crippen molar-refractivity contribution in [3.8, 4) is 0 Å². The molecule has 1 amide bonds. The minimum absolute atomic E-state index is 0.0530. The van der Waals surface area contributed by atoms with Gasteiger partial charge in [0.1, 0.15) is 0 Å². The number of ketones is 1. The zero-order chi connectivity index (χ0) is 21.8. The molecule has 1 aliphatic rings. The van der Waals surface area contributed by atoms with E-state index in [-0.39, 0.29) is 17.4 Å². The Kier molecular flexibility index (Phi) is 5.75. The average molecular weight is 415 g/mol. The molecule has 0 radical (unpaired) electrons. The summed E-state index contributed by atoms with van der Waals surface area (Å²) >= 11 is 0. The summed E-state index contributed by atoms with van der Waals surface area (Å²) in [5, 5.41) is 10.8. The van der Waals surface area contributed by atoms with Crippen molar-refractivity contribution >= 4 is 23.1 Å². The van der Waals surface area contributed by atoms with E-state index in [2.05, 4.69) is 4.90 Å². The summed E-state index contributed by atoms with van der Waals surface area (Å²) in [7, 11) is 0. The highest BCUT2D eigenvalue weighted by atomic mass is 16.6. The molecule has 0 spiro atoms. The van der Waals surface area contributed by atoms with E-state index in [1.807, 2.05) is 6.07 Å². The molecule has 0 aliphatic carbocycles. The first-order valence-electron chi connectivity index (χ1n) is 10.0. The fourth-order valence-corrected chi connectivity index (χ4v) is 3.74. The molecule has 7 heteroatoms. The lowest BCUT2D eigenvalue weighted by Gasteiger charge is -2.36. The fourth-order valence-electron chi connectivity index (χ4n) is 3.74. The van der Waals surface area contributed by atoms with Crippen molar-refractivity contribution in [2.24, 2.45) is 0 Å². The molecule has 0 atom stereocenters. The van der Waals surface area contributed by atoms with Crippen LogP contribution >= 0.6 is 0 Å². The standard InChI is InChI=1S/C24H21N3O4/c28-23(18-6-2-1-3-7-18)21-8-4-5-9-22(21)24(29)26-16-14-25(15-17-26)19-10-12-20(13-11-19)27(30)31/h1-13H,14-17H2. The van der Waals surface area contributed by atoms with E-state index in [9.17, 15) is 19.7 Å². The van der Waals surface area contributed by atoms with Crippen LogP contribution < -0.4 is 4.90 Å². The number of nitro groups is 1. The lowest BCUT2D eigenvalue weighted by atomic mass is 9.97. The molecule has 31 heavy (non-hydrogen) atoms. The molecule has 0 unspecified atom stereocenters. The van der Waals surface area contributed by atoms with Crippen molar-refractivity contribution in [3.05, 3.63) is 106 Å². The fraction of sp³-hybridized carbons (Fsp3) is 0.167. The predicted octanol–water partition coefficient (Wildman–Crippen LogP) is 3.79. The number of carbonyl (C=O) groups excluding carboxylic acids is 2. The van der Waals surface area contributed by atoms with Crippen molar-refractivity contribution < 1.29 is 14.5 Å². The second kappa shape index (κ2) is 8.79. The van der Waals surface area contributed by atoms with Crippen LogP contribution in [0, 0.1) is 10.1 Å². The Morgan fingerprint density at radius 2 is 1.32 bits per heavy atom. The molecular weight excluding hydrogens is 394 g/mol. The average Bonchev–Trinajstić information content (AvgIpc) is 2.84. The molecular formula is C24H21N3O4. The van der Waals surface area contributed by atoms with Gasteiger partial charge in [-0.25, -0.2) is 0 Å². The summed E-state index contributed by atoms with van der Waals surface area (Å²) in [4.78, 5) is 40.4. The van der Waals surface area contributed by atoms with Gasteiger partial charge in [0.05, 0.1) is 10.5 Å². The van der Waals surface area contributed by atoms with Crippen molar-refractivity contribution in [1.82, 2.24) is 4.90 Å². The largest absolute Gasteiger partial charge is 0.368 e. The Morgan fingerprint density at radius 3 is 1.94 bits per heavy atom. The summed E-state index contributed by atoms with van der Waals surface area (Å²) in [5.41, 5.74) is 2.29. The maximum absolute atomic E-state index is 13.2. The molecule has 0 N–H and O–H groups in total. The van der Waals surface area contributed by atoms with E-state index in [0.717, 1.165) is 5.69 Å². The summed E-state index contributed by atoms with van der Waals surface area (Å²) in [6.07, 6.45) is 0. The van der Waals surface area contributed by atoms with Gasteiger partial charge in [0, 0.05) is 55.1 Å². The number of nitro benzene ring substituents is 1. The van der Waals surface area contributed by atoms with Gasteiger partial charge in [-0.05, 0) is 18.2 Å². The third-order valence-corrected chi connectivity index (χ3v) is 5.43. The zero-order valence-electron chi connectivity index (χ0n) is 16.8. The van der Waals surface area contributed by atoms with Gasteiger partial charge in [-0.2, -0.15) is 0 Å². The van der Waals surface area contributed by atoms with Crippen LogP contribution in [-0.4, -0.2) is 47.7 Å². The number of anilines is 1. The van der Waals surface area contributed by atoms with E-state index in [1.165, 1.54) is 12.1 Å². The summed E-state index contributed by atoms with van der Waals surface area (Å²) in [5.74, 6) is -0.336. The van der Waals surface area contributed by atoms with Crippen LogP contribution in [0.15, 0.2) is 78.9 Å². The smallest absolute Gasteiger partial charge is 0.269 e. The lowest BCUT2D eigenvalue weighted by molar-refractivity contribution is -0.384. The highest BCUT2D eigenvalue weighted by molar-refractivity contribution is 6.15. The number of piperazine rings is 1. The molecule has 1 aliphatic heterocycles. The first-order valence-corrected chi connectivity index (χ1v) is 10.0. The normalized spacial score (nSPS) is 13.7. The molecule has 1 fully saturated rings. The van der Waals surface area contributed by atoms with E-state index < -0.39 is 4.92 Å². The van der Waals surface area contributed by atoms with Gasteiger partial charge >= 0.3 is 0 Å². The summed E-state index contributed by atoms with van der Waals surface area (Å²) in [6.45, 7) is 2.23. The number of hydrogen-bond donors (Lipinski definition) is 0. The van der Waals surface area contributed by atoms with Gasteiger partial charge in [-0.1, -0.05) is 48.5 Å². The number of benzene rings is 3. The predicted molar refractivity (Wildman–Crippen MR) is 118 cm³/mol. The molecule has 0 saturated carbocycles. The Morgan fingerprint density at radius 1 is 0.742 bits per heavy atom. The number of carbonyl (C=O) groups is 2. The van der Waals surface area contributed by atoms with Crippen molar-refractivity contribution in [2.45, 2.75) is 0 Å². The molecule has 0 bridgehead atoms. The first-order chi connectivity index (χ1) is 15.0. The van der Waals surface area contributed by atoms with Crippen LogP contribution in [-0.2, 0) is 0 Å². The van der Waals surface area contributed by atoms with Crippen LogP contribution in [0.1, 0.15) is 26.3 Å². The van der Waals surface area contributed by atoms with Gasteiger partial charge in [0.2, 0.25) is 0 Å². The van der Waals surface area contributed by atoms with Crippen LogP contribution in [0.4, 0.5) is 11.4 Å². The maximum atomic E-state index is 13.2. The van der Waals surface area contributed by atoms with E-state index in [4.69, 9.17) is 0 Å². The Bertz CT molecular complexity index is 1110. The molecule has 3 aromatic carbocycles. The van der Waals surface area contributed by atoms with Crippen molar-refractivity contribution in [3.63, 3.8) is 0 Å². The Labute approximate surface area is 179 Å². The number of non-ortho nitro benzene ring substituents is 1. The van der Waals surface area contributed by atoms with E-state index in [1.54, 1.807) is 65.6 Å². The van der Waals surface area contributed by atoms with E-state index in [0.29, 0.717) is 42.9 Å². The zero-order valence-corrected chi connectivity index (χ0v) is 16.8. The van der Waals surface area contributed by atoms with Crippen LogP contribution in [0.3, 0.4) is 0 Å². The molecule has 1 heterocycles. The number of amides is 1. The second-order valence-corrected chi connectivity index (χ2v) is 7.29. The van der Waals surface area contributed by atoms with Gasteiger partial charge in [-0.3, -0.25) is 19.7 Å². The maximum Gasteiger partial charge on any atom is 0.269 e. The highest BCUT2D eigenvalue weighted by Gasteiger charge is 2.26. The summed E-state index contributed by atoms with van der Waals surface area (Å²) < 4.78 is 0. The second-order valence-electron chi connectivity index (χ2n) is 7.29. The quantitative estimate of drug-likeness (QED) is 0.360. The SMILES string of the molecule is O=C(c1ccccc1)c1ccccc1C(=O)N1CCN(c2ccc([N+](=O)[O-])cc2)CC1.